The third kappa shape index (κ3) is 1.69. The Hall–Kier alpha value is -1.52. The maximum Gasteiger partial charge on any atom is 0.269 e. The van der Waals surface area contributed by atoms with E-state index in [9.17, 15) is 4.79 Å². The van der Waals surface area contributed by atoms with Crippen LogP contribution in [0.2, 0.25) is 5.02 Å². The number of fused-ring (bicyclic) bond motifs is 1. The predicted molar refractivity (Wildman–Crippen MR) is 66.8 cm³/mol. The van der Waals surface area contributed by atoms with Crippen molar-refractivity contribution in [1.82, 2.24) is 15.1 Å². The first kappa shape index (κ1) is 10.6. The average Bonchev–Trinajstić information content (AvgIpc) is 2.68. The highest BCUT2D eigenvalue weighted by atomic mass is 35.5. The third-order valence-electron chi connectivity index (χ3n) is 3.04. The first-order chi connectivity index (χ1) is 8.27. The molecule has 0 bridgehead atoms. The van der Waals surface area contributed by atoms with Gasteiger partial charge in [0.05, 0.1) is 22.0 Å². The number of benzene rings is 1. The average molecular weight is 250 g/mol. The quantitative estimate of drug-likeness (QED) is 0.804. The lowest BCUT2D eigenvalue weighted by molar-refractivity contribution is 0.622. The highest BCUT2D eigenvalue weighted by Crippen LogP contribution is 2.22. The fourth-order valence-corrected chi connectivity index (χ4v) is 2.43. The molecule has 0 atom stereocenters. The Kier molecular flexibility index (Phi) is 2.53. The Bertz CT molecular complexity index is 614. The molecule has 0 spiro atoms. The van der Waals surface area contributed by atoms with E-state index in [1.54, 1.807) is 4.68 Å². The van der Waals surface area contributed by atoms with Crippen molar-refractivity contribution in [1.29, 1.82) is 0 Å². The predicted octanol–water partition coefficient (Wildman–Crippen LogP) is 1.46. The zero-order valence-corrected chi connectivity index (χ0v) is 9.92. The lowest BCUT2D eigenvalue weighted by atomic mass is 10.1. The Morgan fingerprint density at radius 1 is 1.29 bits per heavy atom. The second-order valence-electron chi connectivity index (χ2n) is 4.08. The van der Waals surface area contributed by atoms with Crippen LogP contribution in [0.5, 0.6) is 0 Å². The van der Waals surface area contributed by atoms with Gasteiger partial charge in [0.2, 0.25) is 0 Å². The number of aromatic amines is 1. The zero-order valence-electron chi connectivity index (χ0n) is 9.16. The molecule has 3 rings (SSSR count). The number of hydrogen-bond acceptors (Lipinski definition) is 2. The molecule has 0 saturated carbocycles. The summed E-state index contributed by atoms with van der Waals surface area (Å²) in [5.41, 5.74) is 2.64. The van der Waals surface area contributed by atoms with Crippen LogP contribution in [0.15, 0.2) is 29.1 Å². The van der Waals surface area contributed by atoms with Gasteiger partial charge in [0.25, 0.3) is 5.56 Å². The summed E-state index contributed by atoms with van der Waals surface area (Å²) in [6.07, 6.45) is 0.833. The molecule has 2 aromatic rings. The highest BCUT2D eigenvalue weighted by Gasteiger charge is 2.19. The van der Waals surface area contributed by atoms with Crippen LogP contribution < -0.4 is 10.9 Å². The molecule has 2 N–H and O–H groups in total. The molecule has 0 fully saturated rings. The number of para-hydroxylation sites is 1. The van der Waals surface area contributed by atoms with Gasteiger partial charge in [-0.05, 0) is 12.1 Å². The van der Waals surface area contributed by atoms with Crippen LogP contribution in [0.3, 0.4) is 0 Å². The summed E-state index contributed by atoms with van der Waals surface area (Å²) in [6.45, 7) is 1.51. The van der Waals surface area contributed by atoms with Crippen LogP contribution in [0.25, 0.3) is 5.69 Å². The van der Waals surface area contributed by atoms with E-state index in [1.807, 2.05) is 24.3 Å². The van der Waals surface area contributed by atoms with Crippen molar-refractivity contribution >= 4 is 11.6 Å². The van der Waals surface area contributed by atoms with E-state index >= 15 is 0 Å². The smallest absolute Gasteiger partial charge is 0.269 e. The summed E-state index contributed by atoms with van der Waals surface area (Å²) < 4.78 is 1.81. The molecule has 4 nitrogen and oxygen atoms in total. The van der Waals surface area contributed by atoms with Crippen LogP contribution in [0, 0.1) is 0 Å². The van der Waals surface area contributed by atoms with E-state index in [0.29, 0.717) is 11.6 Å². The maximum atomic E-state index is 11.8. The van der Waals surface area contributed by atoms with E-state index < -0.39 is 0 Å². The standard InChI is InChI=1S/C12H12ClN3O/c13-9-3-1-2-4-11(9)16-10-5-6-14-7-8(10)12(17)15-16/h1-4,14H,5-7H2,(H,15,17). The van der Waals surface area contributed by atoms with Crippen molar-refractivity contribution in [2.24, 2.45) is 0 Å². The Balaban J connectivity index is 2.22. The first-order valence-corrected chi connectivity index (χ1v) is 5.93. The van der Waals surface area contributed by atoms with Crippen molar-refractivity contribution in [2.45, 2.75) is 13.0 Å². The summed E-state index contributed by atoms with van der Waals surface area (Å²) in [5.74, 6) is 0. The summed E-state index contributed by atoms with van der Waals surface area (Å²) in [4.78, 5) is 11.8. The molecular weight excluding hydrogens is 238 g/mol. The molecule has 17 heavy (non-hydrogen) atoms. The lowest BCUT2D eigenvalue weighted by Crippen LogP contribution is -2.27. The monoisotopic (exact) mass is 249 g/mol. The third-order valence-corrected chi connectivity index (χ3v) is 3.36. The Morgan fingerprint density at radius 2 is 2.12 bits per heavy atom. The molecule has 5 heteroatoms. The van der Waals surface area contributed by atoms with Gasteiger partial charge in [-0.2, -0.15) is 0 Å². The number of nitrogens with zero attached hydrogens (tertiary/aromatic N) is 1. The van der Waals surface area contributed by atoms with Gasteiger partial charge in [-0.25, -0.2) is 0 Å². The fourth-order valence-electron chi connectivity index (χ4n) is 2.21. The largest absolute Gasteiger partial charge is 0.312 e. The highest BCUT2D eigenvalue weighted by molar-refractivity contribution is 6.32. The van der Waals surface area contributed by atoms with Gasteiger partial charge in [-0.1, -0.05) is 23.7 Å². The van der Waals surface area contributed by atoms with Crippen molar-refractivity contribution < 1.29 is 0 Å². The van der Waals surface area contributed by atoms with Crippen LogP contribution in [0.1, 0.15) is 11.3 Å². The van der Waals surface area contributed by atoms with Crippen LogP contribution in [-0.4, -0.2) is 16.3 Å². The van der Waals surface area contributed by atoms with E-state index in [0.717, 1.165) is 29.9 Å². The van der Waals surface area contributed by atoms with Gasteiger partial charge in [0.1, 0.15) is 0 Å². The maximum absolute atomic E-state index is 11.8. The second-order valence-corrected chi connectivity index (χ2v) is 4.49. The normalized spacial score (nSPS) is 14.6. The van der Waals surface area contributed by atoms with Crippen molar-refractivity contribution in [3.63, 3.8) is 0 Å². The van der Waals surface area contributed by atoms with Crippen LogP contribution >= 0.6 is 11.6 Å². The summed E-state index contributed by atoms with van der Waals surface area (Å²) in [7, 11) is 0. The number of rotatable bonds is 1. The molecule has 2 heterocycles. The number of aromatic nitrogens is 2. The van der Waals surface area contributed by atoms with Crippen LogP contribution in [-0.2, 0) is 13.0 Å². The molecular formula is C12H12ClN3O. The Labute approximate surface area is 103 Å². The molecule has 1 aliphatic heterocycles. The lowest BCUT2D eigenvalue weighted by Gasteiger charge is -2.15. The van der Waals surface area contributed by atoms with Crippen molar-refractivity contribution in [3.8, 4) is 5.69 Å². The van der Waals surface area contributed by atoms with E-state index in [-0.39, 0.29) is 5.56 Å². The number of hydrogen-bond donors (Lipinski definition) is 2. The summed E-state index contributed by atoms with van der Waals surface area (Å²) in [5, 5.41) is 6.68. The topological polar surface area (TPSA) is 49.8 Å². The van der Waals surface area contributed by atoms with Gasteiger partial charge in [0.15, 0.2) is 0 Å². The van der Waals surface area contributed by atoms with E-state index in [4.69, 9.17) is 11.6 Å². The molecule has 1 aromatic heterocycles. The van der Waals surface area contributed by atoms with Gasteiger partial charge in [-0.3, -0.25) is 14.6 Å². The summed E-state index contributed by atoms with van der Waals surface area (Å²) >= 11 is 6.15. The SMILES string of the molecule is O=c1[nH]n(-c2ccccc2Cl)c2c1CNCC2. The first-order valence-electron chi connectivity index (χ1n) is 5.56. The van der Waals surface area contributed by atoms with Crippen LogP contribution in [0.4, 0.5) is 0 Å². The molecule has 0 amide bonds. The van der Waals surface area contributed by atoms with E-state index in [1.165, 1.54) is 0 Å². The number of H-pyrrole nitrogens is 1. The van der Waals surface area contributed by atoms with Gasteiger partial charge in [0, 0.05) is 19.5 Å². The summed E-state index contributed by atoms with van der Waals surface area (Å²) in [6, 6.07) is 7.51. The number of nitrogens with one attached hydrogen (secondary N) is 2. The minimum absolute atomic E-state index is 0.0351. The van der Waals surface area contributed by atoms with Gasteiger partial charge in [-0.15, -0.1) is 0 Å². The minimum Gasteiger partial charge on any atom is -0.312 e. The molecule has 0 unspecified atom stereocenters. The molecule has 0 saturated heterocycles. The fraction of sp³-hybridized carbons (Fsp3) is 0.250. The van der Waals surface area contributed by atoms with E-state index in [2.05, 4.69) is 10.4 Å². The molecule has 1 aromatic carbocycles. The Morgan fingerprint density at radius 3 is 2.94 bits per heavy atom. The second kappa shape index (κ2) is 4.05. The molecule has 0 aliphatic carbocycles. The van der Waals surface area contributed by atoms with Gasteiger partial charge >= 0.3 is 0 Å². The zero-order chi connectivity index (χ0) is 11.8. The molecule has 1 aliphatic rings. The minimum atomic E-state index is -0.0351. The number of halogens is 1. The molecule has 0 radical (unpaired) electrons. The van der Waals surface area contributed by atoms with Crippen molar-refractivity contribution in [2.75, 3.05) is 6.54 Å². The molecule has 88 valence electrons. The van der Waals surface area contributed by atoms with Crippen molar-refractivity contribution in [3.05, 3.63) is 50.9 Å². The van der Waals surface area contributed by atoms with Gasteiger partial charge < -0.3 is 5.32 Å².